The zero-order valence-corrected chi connectivity index (χ0v) is 21.3. The molecular formula is C27H33ClFNO5. The van der Waals surface area contributed by atoms with E-state index in [0.29, 0.717) is 10.6 Å². The first-order chi connectivity index (χ1) is 16.6. The number of hydrogen-bond acceptors (Lipinski definition) is 5. The fourth-order valence-electron chi connectivity index (χ4n) is 4.76. The zero-order chi connectivity index (χ0) is 25.2. The van der Waals surface area contributed by atoms with E-state index in [0.717, 1.165) is 5.56 Å². The molecule has 4 rings (SSSR count). The Kier molecular flexibility index (Phi) is 7.83. The van der Waals surface area contributed by atoms with Gasteiger partial charge in [-0.3, -0.25) is 4.79 Å². The van der Waals surface area contributed by atoms with E-state index in [9.17, 15) is 9.18 Å². The van der Waals surface area contributed by atoms with Gasteiger partial charge in [0.25, 0.3) is 5.91 Å². The highest BCUT2D eigenvalue weighted by molar-refractivity contribution is 6.30. The molecule has 1 amide bonds. The van der Waals surface area contributed by atoms with E-state index < -0.39 is 23.6 Å². The Morgan fingerprint density at radius 1 is 1.14 bits per heavy atom. The highest BCUT2D eigenvalue weighted by atomic mass is 35.5. The van der Waals surface area contributed by atoms with Gasteiger partial charge in [-0.15, -0.1) is 0 Å². The van der Waals surface area contributed by atoms with Crippen LogP contribution in [0.5, 0.6) is 0 Å². The van der Waals surface area contributed by atoms with Crippen molar-refractivity contribution in [3.8, 4) is 0 Å². The van der Waals surface area contributed by atoms with Crippen molar-refractivity contribution in [2.24, 2.45) is 0 Å². The third kappa shape index (κ3) is 6.22. The Morgan fingerprint density at radius 2 is 1.91 bits per heavy atom. The van der Waals surface area contributed by atoms with Gasteiger partial charge in [-0.2, -0.15) is 0 Å². The van der Waals surface area contributed by atoms with Gasteiger partial charge in [0.15, 0.2) is 11.4 Å². The number of benzene rings is 2. The number of amides is 1. The van der Waals surface area contributed by atoms with Crippen molar-refractivity contribution in [1.29, 1.82) is 0 Å². The molecule has 1 N–H and O–H groups in total. The second kappa shape index (κ2) is 10.5. The minimum atomic E-state index is -1.28. The van der Waals surface area contributed by atoms with E-state index in [1.54, 1.807) is 24.3 Å². The number of carbonyl (C=O) groups is 1. The molecular weight excluding hydrogens is 473 g/mol. The number of nitrogens with one attached hydrogen (secondary N) is 1. The summed E-state index contributed by atoms with van der Waals surface area (Å²) in [6.45, 7) is 7.69. The van der Waals surface area contributed by atoms with Crippen molar-refractivity contribution in [2.75, 3.05) is 0 Å². The van der Waals surface area contributed by atoms with Crippen LogP contribution in [0.3, 0.4) is 0 Å². The molecule has 1 saturated heterocycles. The second-order valence-electron chi connectivity index (χ2n) is 10.0. The molecule has 0 bridgehead atoms. The summed E-state index contributed by atoms with van der Waals surface area (Å²) in [5.74, 6) is -1.48. The smallest absolute Gasteiger partial charge is 0.252 e. The minimum Gasteiger partial charge on any atom is -0.371 e. The first-order valence-corrected chi connectivity index (χ1v) is 12.3. The molecule has 2 fully saturated rings. The third-order valence-electron chi connectivity index (χ3n) is 6.30. The van der Waals surface area contributed by atoms with Crippen LogP contribution >= 0.6 is 11.6 Å². The van der Waals surface area contributed by atoms with Crippen LogP contribution in [0.2, 0.25) is 5.02 Å². The van der Waals surface area contributed by atoms with Crippen LogP contribution in [0.15, 0.2) is 48.5 Å². The number of rotatable bonds is 8. The van der Waals surface area contributed by atoms with Crippen LogP contribution in [-0.2, 0) is 37.0 Å². The van der Waals surface area contributed by atoms with Crippen LogP contribution in [0, 0.1) is 5.82 Å². The van der Waals surface area contributed by atoms with Gasteiger partial charge in [0.1, 0.15) is 11.9 Å². The predicted octanol–water partition coefficient (Wildman–Crippen LogP) is 5.16. The van der Waals surface area contributed by atoms with Crippen molar-refractivity contribution in [3.63, 3.8) is 0 Å². The molecule has 2 aromatic rings. The molecule has 35 heavy (non-hydrogen) atoms. The van der Waals surface area contributed by atoms with Gasteiger partial charge in [-0.1, -0.05) is 41.9 Å². The molecule has 2 aliphatic rings. The van der Waals surface area contributed by atoms with Gasteiger partial charge < -0.3 is 24.3 Å². The standard InChI is InChI=1S/C27H33ClFNO5/c1-17(2)30-25(31)27(33-16-19-9-5-6-11-21(19)29)13-22(24-23(14-27)34-26(3,4)35-24)32-15-18-8-7-10-20(28)12-18/h5-12,17,22-24H,13-16H2,1-4H3,(H,30,31)/t22-,23+,24-,27+/m0/s1. The highest BCUT2D eigenvalue weighted by Gasteiger charge is 2.58. The summed E-state index contributed by atoms with van der Waals surface area (Å²) < 4.78 is 39.3. The SMILES string of the molecule is CC(C)NC(=O)[C@@]1(OCc2ccccc2F)C[C@H](OCc2cccc(Cl)c2)[C@@H]2OC(C)(C)O[C@@H]2C1. The third-order valence-corrected chi connectivity index (χ3v) is 6.53. The summed E-state index contributed by atoms with van der Waals surface area (Å²) in [5, 5.41) is 3.60. The van der Waals surface area contributed by atoms with Gasteiger partial charge in [-0.05, 0) is 51.5 Å². The van der Waals surface area contributed by atoms with Crippen molar-refractivity contribution in [2.45, 2.75) is 89.5 Å². The maximum atomic E-state index is 14.4. The van der Waals surface area contributed by atoms with Crippen LogP contribution in [0.4, 0.5) is 4.39 Å². The fraction of sp³-hybridized carbons (Fsp3) is 0.519. The van der Waals surface area contributed by atoms with E-state index in [2.05, 4.69) is 5.32 Å². The van der Waals surface area contributed by atoms with E-state index in [1.165, 1.54) is 6.07 Å². The van der Waals surface area contributed by atoms with Crippen LogP contribution in [0.25, 0.3) is 0 Å². The maximum Gasteiger partial charge on any atom is 0.252 e. The second-order valence-corrected chi connectivity index (χ2v) is 10.5. The number of ether oxygens (including phenoxy) is 4. The summed E-state index contributed by atoms with van der Waals surface area (Å²) >= 11 is 6.14. The fourth-order valence-corrected chi connectivity index (χ4v) is 4.98. The average molecular weight is 506 g/mol. The summed E-state index contributed by atoms with van der Waals surface area (Å²) in [5.41, 5.74) is 0.00483. The Bertz CT molecular complexity index is 1050. The van der Waals surface area contributed by atoms with Gasteiger partial charge >= 0.3 is 0 Å². The van der Waals surface area contributed by atoms with Gasteiger partial charge in [0, 0.05) is 29.5 Å². The summed E-state index contributed by atoms with van der Waals surface area (Å²) in [4.78, 5) is 13.6. The van der Waals surface area contributed by atoms with Gasteiger partial charge in [0.2, 0.25) is 0 Å². The highest BCUT2D eigenvalue weighted by Crippen LogP contribution is 2.44. The van der Waals surface area contributed by atoms with Crippen molar-refractivity contribution < 1.29 is 28.1 Å². The Hall–Kier alpha value is -2.03. The lowest BCUT2D eigenvalue weighted by molar-refractivity contribution is -0.184. The first-order valence-electron chi connectivity index (χ1n) is 12.0. The van der Waals surface area contributed by atoms with Crippen molar-refractivity contribution in [1.82, 2.24) is 5.32 Å². The van der Waals surface area contributed by atoms with Gasteiger partial charge in [-0.25, -0.2) is 4.39 Å². The molecule has 1 saturated carbocycles. The molecule has 6 nitrogen and oxygen atoms in total. The molecule has 1 aliphatic heterocycles. The van der Waals surface area contributed by atoms with Crippen molar-refractivity contribution in [3.05, 3.63) is 70.5 Å². The normalized spacial score (nSPS) is 27.6. The number of carbonyl (C=O) groups excluding carboxylic acids is 1. The number of fused-ring (bicyclic) bond motifs is 1. The van der Waals surface area contributed by atoms with Crippen LogP contribution < -0.4 is 5.32 Å². The van der Waals surface area contributed by atoms with E-state index in [4.69, 9.17) is 30.5 Å². The van der Waals surface area contributed by atoms with E-state index >= 15 is 0 Å². The molecule has 4 atom stereocenters. The molecule has 8 heteroatoms. The summed E-state index contributed by atoms with van der Waals surface area (Å²) in [6, 6.07) is 13.7. The average Bonchev–Trinajstić information content (AvgIpc) is 3.10. The molecule has 0 aromatic heterocycles. The molecule has 0 spiro atoms. The zero-order valence-electron chi connectivity index (χ0n) is 20.6. The van der Waals surface area contributed by atoms with Crippen LogP contribution in [-0.4, -0.2) is 41.6 Å². The molecule has 190 valence electrons. The summed E-state index contributed by atoms with van der Waals surface area (Å²) in [7, 11) is 0. The molecule has 2 aromatic carbocycles. The van der Waals surface area contributed by atoms with Crippen LogP contribution in [0.1, 0.15) is 51.7 Å². The quantitative estimate of drug-likeness (QED) is 0.537. The maximum absolute atomic E-state index is 14.4. The lowest BCUT2D eigenvalue weighted by Crippen LogP contribution is -2.60. The topological polar surface area (TPSA) is 66.0 Å². The first kappa shape index (κ1) is 26.0. The molecule has 0 unspecified atom stereocenters. The van der Waals surface area contributed by atoms with Gasteiger partial charge in [0.05, 0.1) is 25.4 Å². The van der Waals surface area contributed by atoms with Crippen molar-refractivity contribution >= 4 is 17.5 Å². The number of hydrogen-bond donors (Lipinski definition) is 1. The predicted molar refractivity (Wildman–Crippen MR) is 130 cm³/mol. The molecule has 0 radical (unpaired) electrons. The minimum absolute atomic E-state index is 0.0547. The Labute approximate surface area is 211 Å². The summed E-state index contributed by atoms with van der Waals surface area (Å²) in [6.07, 6.45) is -0.789. The Balaban J connectivity index is 1.62. The lowest BCUT2D eigenvalue weighted by Gasteiger charge is -2.43. The molecule has 1 aliphatic carbocycles. The van der Waals surface area contributed by atoms with E-state index in [1.807, 2.05) is 45.9 Å². The monoisotopic (exact) mass is 505 g/mol. The largest absolute Gasteiger partial charge is 0.371 e. The Morgan fingerprint density at radius 3 is 2.63 bits per heavy atom. The lowest BCUT2D eigenvalue weighted by atomic mass is 9.78. The number of halogens is 2. The molecule has 1 heterocycles. The van der Waals surface area contributed by atoms with E-state index in [-0.39, 0.29) is 49.9 Å².